The Hall–Kier alpha value is -4.34. The van der Waals surface area contributed by atoms with Crippen LogP contribution in [0.25, 0.3) is 38.9 Å². The van der Waals surface area contributed by atoms with Gasteiger partial charge in [-0.05, 0) is 54.1 Å². The van der Waals surface area contributed by atoms with Gasteiger partial charge in [-0.1, -0.05) is 6.07 Å². The number of halogens is 3. The summed E-state index contributed by atoms with van der Waals surface area (Å²) in [6, 6.07) is 15.7. The quantitative estimate of drug-likeness (QED) is 0.379. The number of alkyl halides is 3. The summed E-state index contributed by atoms with van der Waals surface area (Å²) in [5.41, 5.74) is 2.96. The van der Waals surface area contributed by atoms with Gasteiger partial charge in [0.2, 0.25) is 5.88 Å². The largest absolute Gasteiger partial charge is 0.573 e. The topological polar surface area (TPSA) is 71.2 Å². The first kappa shape index (κ1) is 21.5. The Balaban J connectivity index is 1.74. The Morgan fingerprint density at radius 1 is 0.971 bits per heavy atom. The van der Waals surface area contributed by atoms with E-state index in [1.54, 1.807) is 30.6 Å². The van der Waals surface area contributed by atoms with Crippen LogP contribution < -0.4 is 15.0 Å². The zero-order valence-electron chi connectivity index (χ0n) is 18.0. The van der Waals surface area contributed by atoms with E-state index in [1.165, 1.54) is 23.8 Å². The number of aryl methyl sites for hydroxylation is 1. The number of methoxy groups -OCH3 is 1. The monoisotopic (exact) mass is 466 g/mol. The fourth-order valence-corrected chi connectivity index (χ4v) is 3.82. The van der Waals surface area contributed by atoms with Gasteiger partial charge in [0.25, 0.3) is 5.56 Å². The van der Waals surface area contributed by atoms with Gasteiger partial charge < -0.3 is 14.0 Å². The molecule has 0 bridgehead atoms. The number of benzene rings is 2. The van der Waals surface area contributed by atoms with Crippen LogP contribution >= 0.6 is 0 Å². The molecule has 0 aliphatic heterocycles. The van der Waals surface area contributed by atoms with E-state index < -0.39 is 12.1 Å². The highest BCUT2D eigenvalue weighted by Gasteiger charge is 2.31. The molecule has 0 radical (unpaired) electrons. The first-order chi connectivity index (χ1) is 16.2. The summed E-state index contributed by atoms with van der Waals surface area (Å²) in [4.78, 5) is 22.4. The van der Waals surface area contributed by atoms with Crippen molar-refractivity contribution in [3.63, 3.8) is 0 Å². The highest BCUT2D eigenvalue weighted by Crippen LogP contribution is 2.28. The average Bonchev–Trinajstić information content (AvgIpc) is 3.18. The van der Waals surface area contributed by atoms with E-state index in [4.69, 9.17) is 4.74 Å². The molecule has 0 N–H and O–H groups in total. The van der Waals surface area contributed by atoms with Gasteiger partial charge in [0.05, 0.1) is 30.2 Å². The van der Waals surface area contributed by atoms with E-state index in [-0.39, 0.29) is 5.56 Å². The van der Waals surface area contributed by atoms with Crippen LogP contribution in [0, 0.1) is 0 Å². The van der Waals surface area contributed by atoms with Crippen LogP contribution in [0.5, 0.6) is 11.6 Å². The molecule has 7 nitrogen and oxygen atoms in total. The number of rotatable bonds is 4. The molecule has 172 valence electrons. The Morgan fingerprint density at radius 2 is 1.74 bits per heavy atom. The molecule has 0 aliphatic carbocycles. The van der Waals surface area contributed by atoms with E-state index in [0.717, 1.165) is 23.2 Å². The first-order valence-corrected chi connectivity index (χ1v) is 10.1. The molecular formula is C24H17F3N4O3. The molecule has 0 saturated heterocycles. The molecule has 5 rings (SSSR count). The van der Waals surface area contributed by atoms with Crippen LogP contribution in [0.4, 0.5) is 13.2 Å². The van der Waals surface area contributed by atoms with Gasteiger partial charge in [-0.2, -0.15) is 4.98 Å². The van der Waals surface area contributed by atoms with Crippen LogP contribution in [0.3, 0.4) is 0 Å². The van der Waals surface area contributed by atoms with E-state index in [9.17, 15) is 18.0 Å². The van der Waals surface area contributed by atoms with Crippen LogP contribution in [-0.4, -0.2) is 32.6 Å². The van der Waals surface area contributed by atoms with Crippen LogP contribution in [0.15, 0.2) is 71.8 Å². The summed E-state index contributed by atoms with van der Waals surface area (Å²) < 4.78 is 50.1. The number of aromatic nitrogens is 4. The van der Waals surface area contributed by atoms with Crippen molar-refractivity contribution in [2.75, 3.05) is 7.11 Å². The second-order valence-electron chi connectivity index (χ2n) is 7.57. The SMILES string of the molecule is COc1ccc2cc(-c3ccc4ncn(C)c4c3)c(=O)n(-c3ccc(OC(F)(F)F)cc3)c2n1. The standard InChI is InChI=1S/C24H17F3N4O3/c1-30-13-28-19-9-3-14(12-20(19)30)18-11-15-4-10-21(33-2)29-22(15)31(23(18)32)16-5-7-17(8-6-16)34-24(25,26)27/h3-13H,1-2H3. The van der Waals surface area contributed by atoms with Gasteiger partial charge in [-0.15, -0.1) is 13.2 Å². The third-order valence-electron chi connectivity index (χ3n) is 5.40. The minimum Gasteiger partial charge on any atom is -0.481 e. The zero-order chi connectivity index (χ0) is 24.0. The number of fused-ring (bicyclic) bond motifs is 2. The summed E-state index contributed by atoms with van der Waals surface area (Å²) in [6.07, 6.45) is -3.13. The number of ether oxygens (including phenoxy) is 2. The molecule has 5 aromatic rings. The molecule has 2 aromatic carbocycles. The van der Waals surface area contributed by atoms with Crippen molar-refractivity contribution < 1.29 is 22.6 Å². The lowest BCUT2D eigenvalue weighted by Gasteiger charge is -2.14. The Morgan fingerprint density at radius 3 is 2.44 bits per heavy atom. The van der Waals surface area contributed by atoms with Gasteiger partial charge in [0.15, 0.2) is 5.65 Å². The van der Waals surface area contributed by atoms with Crippen LogP contribution in [-0.2, 0) is 7.05 Å². The van der Waals surface area contributed by atoms with Crippen molar-refractivity contribution in [1.29, 1.82) is 0 Å². The van der Waals surface area contributed by atoms with E-state index in [0.29, 0.717) is 33.7 Å². The number of pyridine rings is 2. The zero-order valence-corrected chi connectivity index (χ0v) is 18.0. The highest BCUT2D eigenvalue weighted by atomic mass is 19.4. The van der Waals surface area contributed by atoms with Crippen molar-refractivity contribution in [2.45, 2.75) is 6.36 Å². The van der Waals surface area contributed by atoms with Gasteiger partial charge in [-0.25, -0.2) is 4.98 Å². The number of hydrogen-bond donors (Lipinski definition) is 0. The molecule has 34 heavy (non-hydrogen) atoms. The smallest absolute Gasteiger partial charge is 0.481 e. The second kappa shape index (κ2) is 7.91. The summed E-state index contributed by atoms with van der Waals surface area (Å²) >= 11 is 0. The predicted molar refractivity (Wildman–Crippen MR) is 120 cm³/mol. The lowest BCUT2D eigenvalue weighted by molar-refractivity contribution is -0.274. The number of nitrogens with zero attached hydrogens (tertiary/aromatic N) is 4. The summed E-state index contributed by atoms with van der Waals surface area (Å²) in [5, 5.41) is 0.649. The fraction of sp³-hybridized carbons (Fsp3) is 0.125. The third kappa shape index (κ3) is 3.83. The molecule has 0 saturated carbocycles. The number of imidazole rings is 1. The number of hydrogen-bond acceptors (Lipinski definition) is 5. The highest BCUT2D eigenvalue weighted by molar-refractivity contribution is 5.87. The van der Waals surface area contributed by atoms with Gasteiger partial charge in [0, 0.05) is 24.1 Å². The maximum absolute atomic E-state index is 13.7. The van der Waals surface area contributed by atoms with Crippen molar-refractivity contribution in [2.24, 2.45) is 7.05 Å². The van der Waals surface area contributed by atoms with Gasteiger partial charge >= 0.3 is 6.36 Å². The lowest BCUT2D eigenvalue weighted by atomic mass is 10.0. The van der Waals surface area contributed by atoms with E-state index in [1.807, 2.05) is 23.7 Å². The first-order valence-electron chi connectivity index (χ1n) is 10.1. The summed E-state index contributed by atoms with van der Waals surface area (Å²) in [7, 11) is 3.32. The van der Waals surface area contributed by atoms with Gasteiger partial charge in [0.1, 0.15) is 5.75 Å². The Labute approximate surface area is 190 Å². The molecule has 3 heterocycles. The molecule has 0 amide bonds. The molecular weight excluding hydrogens is 449 g/mol. The van der Waals surface area contributed by atoms with Crippen molar-refractivity contribution >= 4 is 22.1 Å². The van der Waals surface area contributed by atoms with E-state index in [2.05, 4.69) is 14.7 Å². The van der Waals surface area contributed by atoms with Crippen molar-refractivity contribution in [1.82, 2.24) is 19.1 Å². The molecule has 3 aromatic heterocycles. The molecule has 0 spiro atoms. The van der Waals surface area contributed by atoms with Crippen molar-refractivity contribution in [3.8, 4) is 28.4 Å². The maximum Gasteiger partial charge on any atom is 0.573 e. The van der Waals surface area contributed by atoms with E-state index >= 15 is 0 Å². The maximum atomic E-state index is 13.7. The average molecular weight is 466 g/mol. The predicted octanol–water partition coefficient (Wildman–Crippen LogP) is 4.85. The Bertz CT molecular complexity index is 1590. The minimum atomic E-state index is -4.82. The van der Waals surface area contributed by atoms with Gasteiger partial charge in [-0.3, -0.25) is 9.36 Å². The molecule has 0 unspecified atom stereocenters. The lowest BCUT2D eigenvalue weighted by Crippen LogP contribution is -2.21. The molecule has 10 heteroatoms. The van der Waals surface area contributed by atoms with Crippen LogP contribution in [0.2, 0.25) is 0 Å². The van der Waals surface area contributed by atoms with Crippen molar-refractivity contribution in [3.05, 3.63) is 77.3 Å². The minimum absolute atomic E-state index is 0.293. The Kier molecular flexibility index (Phi) is 5.00. The summed E-state index contributed by atoms with van der Waals surface area (Å²) in [6.45, 7) is 0. The van der Waals surface area contributed by atoms with Crippen LogP contribution in [0.1, 0.15) is 0 Å². The molecule has 0 fully saturated rings. The fourth-order valence-electron chi connectivity index (χ4n) is 3.82. The summed E-state index contributed by atoms with van der Waals surface area (Å²) in [5.74, 6) is -0.0984. The molecule has 0 aliphatic rings. The third-order valence-corrected chi connectivity index (χ3v) is 5.40. The normalized spacial score (nSPS) is 11.8. The second-order valence-corrected chi connectivity index (χ2v) is 7.57. The molecule has 0 atom stereocenters.